The van der Waals surface area contributed by atoms with Gasteiger partial charge in [-0.15, -0.1) is 0 Å². The van der Waals surface area contributed by atoms with E-state index in [1.807, 2.05) is 28.9 Å². The van der Waals surface area contributed by atoms with Gasteiger partial charge in [0.15, 0.2) is 0 Å². The molecule has 0 aromatic carbocycles. The predicted octanol–water partition coefficient (Wildman–Crippen LogP) is 1.92. The molecule has 5 nitrogen and oxygen atoms in total. The molecule has 0 radical (unpaired) electrons. The second-order valence-electron chi connectivity index (χ2n) is 3.59. The predicted molar refractivity (Wildman–Crippen MR) is 67.4 cm³/mol. The lowest BCUT2D eigenvalue weighted by atomic mass is 10.4. The number of pyridine rings is 1. The number of ether oxygens (including phenoxy) is 2. The summed E-state index contributed by atoms with van der Waals surface area (Å²) in [6, 6.07) is 3.68. The van der Waals surface area contributed by atoms with Crippen LogP contribution in [0.5, 0.6) is 5.75 Å². The molecule has 2 rings (SSSR count). The van der Waals surface area contributed by atoms with E-state index >= 15 is 0 Å². The first-order chi connectivity index (χ1) is 8.72. The Labute approximate surface area is 105 Å². The number of esters is 1. The van der Waals surface area contributed by atoms with Gasteiger partial charge in [0.1, 0.15) is 11.4 Å². The third-order valence-corrected chi connectivity index (χ3v) is 2.36. The Balaban J connectivity index is 2.22. The first kappa shape index (κ1) is 12.2. The number of imidazole rings is 1. The van der Waals surface area contributed by atoms with Crippen molar-refractivity contribution < 1.29 is 14.3 Å². The fourth-order valence-electron chi connectivity index (χ4n) is 1.54. The van der Waals surface area contributed by atoms with Gasteiger partial charge in [-0.05, 0) is 25.1 Å². The number of hydrogen-bond donors (Lipinski definition) is 0. The van der Waals surface area contributed by atoms with E-state index in [2.05, 4.69) is 4.98 Å². The van der Waals surface area contributed by atoms with Crippen LogP contribution in [-0.2, 0) is 9.53 Å². The Morgan fingerprint density at radius 2 is 2.28 bits per heavy atom. The van der Waals surface area contributed by atoms with Gasteiger partial charge in [0.25, 0.3) is 0 Å². The van der Waals surface area contributed by atoms with Crippen LogP contribution in [0.2, 0.25) is 0 Å². The molecular weight excluding hydrogens is 232 g/mol. The molecule has 0 unspecified atom stereocenters. The molecule has 2 aromatic rings. The van der Waals surface area contributed by atoms with Crippen molar-refractivity contribution >= 4 is 17.7 Å². The minimum Gasteiger partial charge on any atom is -0.495 e. The molecule has 0 aliphatic carbocycles. The van der Waals surface area contributed by atoms with Gasteiger partial charge >= 0.3 is 5.97 Å². The summed E-state index contributed by atoms with van der Waals surface area (Å²) in [4.78, 5) is 15.5. The normalized spacial score (nSPS) is 11.0. The first-order valence-electron chi connectivity index (χ1n) is 5.60. The lowest BCUT2D eigenvalue weighted by Gasteiger charge is -1.98. The van der Waals surface area contributed by atoms with Crippen LogP contribution in [0.1, 0.15) is 12.6 Å². The Hall–Kier alpha value is -2.30. The molecule has 94 valence electrons. The van der Waals surface area contributed by atoms with Crippen molar-refractivity contribution in [2.45, 2.75) is 6.92 Å². The number of hydrogen-bond acceptors (Lipinski definition) is 4. The number of rotatable bonds is 4. The maximum atomic E-state index is 11.2. The van der Waals surface area contributed by atoms with Gasteiger partial charge in [-0.1, -0.05) is 0 Å². The van der Waals surface area contributed by atoms with Gasteiger partial charge in [0.2, 0.25) is 0 Å². The van der Waals surface area contributed by atoms with Crippen LogP contribution in [0.25, 0.3) is 11.7 Å². The van der Waals surface area contributed by atoms with Crippen LogP contribution in [-0.4, -0.2) is 29.1 Å². The summed E-state index contributed by atoms with van der Waals surface area (Å²) < 4.78 is 11.8. The number of methoxy groups -OCH3 is 1. The zero-order chi connectivity index (χ0) is 13.0. The highest BCUT2D eigenvalue weighted by molar-refractivity contribution is 5.86. The van der Waals surface area contributed by atoms with E-state index in [1.54, 1.807) is 20.1 Å². The quantitative estimate of drug-likeness (QED) is 0.611. The van der Waals surface area contributed by atoms with Crippen molar-refractivity contribution in [3.05, 3.63) is 36.3 Å². The van der Waals surface area contributed by atoms with E-state index in [4.69, 9.17) is 9.47 Å². The highest BCUT2D eigenvalue weighted by Crippen LogP contribution is 2.13. The third kappa shape index (κ3) is 2.68. The zero-order valence-corrected chi connectivity index (χ0v) is 10.3. The van der Waals surface area contributed by atoms with E-state index in [0.29, 0.717) is 12.3 Å². The molecule has 5 heteroatoms. The summed E-state index contributed by atoms with van der Waals surface area (Å²) in [5.41, 5.74) is 1.48. The molecule has 0 aliphatic rings. The minimum atomic E-state index is -0.368. The molecule has 0 amide bonds. The molecule has 0 saturated carbocycles. The van der Waals surface area contributed by atoms with Crippen molar-refractivity contribution in [3.63, 3.8) is 0 Å². The van der Waals surface area contributed by atoms with E-state index < -0.39 is 0 Å². The molecule has 0 aliphatic heterocycles. The Bertz CT molecular complexity index is 587. The average Bonchev–Trinajstić information content (AvgIpc) is 2.78. The van der Waals surface area contributed by atoms with Gasteiger partial charge in [-0.2, -0.15) is 0 Å². The molecule has 0 N–H and O–H groups in total. The topological polar surface area (TPSA) is 52.8 Å². The summed E-state index contributed by atoms with van der Waals surface area (Å²) >= 11 is 0. The molecule has 0 atom stereocenters. The van der Waals surface area contributed by atoms with Crippen LogP contribution in [0.15, 0.2) is 30.6 Å². The SMILES string of the molecule is CCOC(=O)/C=C/c1cn2cc(OC)ccc2n1. The number of fused-ring (bicyclic) bond motifs is 1. The van der Waals surface area contributed by atoms with Crippen LogP contribution in [0.3, 0.4) is 0 Å². The van der Waals surface area contributed by atoms with E-state index in [9.17, 15) is 4.79 Å². The van der Waals surface area contributed by atoms with Crippen LogP contribution >= 0.6 is 0 Å². The molecule has 2 heterocycles. The number of carbonyl (C=O) groups is 1. The summed E-state index contributed by atoms with van der Waals surface area (Å²) in [5.74, 6) is 0.382. The summed E-state index contributed by atoms with van der Waals surface area (Å²) in [6.45, 7) is 2.13. The van der Waals surface area contributed by atoms with Gasteiger partial charge in [0.05, 0.1) is 25.6 Å². The smallest absolute Gasteiger partial charge is 0.330 e. The highest BCUT2D eigenvalue weighted by Gasteiger charge is 2.01. The Morgan fingerprint density at radius 1 is 1.44 bits per heavy atom. The second kappa shape index (κ2) is 5.35. The Kier molecular flexibility index (Phi) is 3.62. The first-order valence-corrected chi connectivity index (χ1v) is 5.60. The van der Waals surface area contributed by atoms with Crippen molar-refractivity contribution in [2.75, 3.05) is 13.7 Å². The minimum absolute atomic E-state index is 0.367. The second-order valence-corrected chi connectivity index (χ2v) is 3.59. The molecular formula is C13H14N2O3. The molecule has 2 aromatic heterocycles. The average molecular weight is 246 g/mol. The van der Waals surface area contributed by atoms with E-state index in [0.717, 1.165) is 11.4 Å². The van der Waals surface area contributed by atoms with Crippen LogP contribution in [0.4, 0.5) is 0 Å². The van der Waals surface area contributed by atoms with Gasteiger partial charge < -0.3 is 13.9 Å². The van der Waals surface area contributed by atoms with Crippen molar-refractivity contribution in [3.8, 4) is 5.75 Å². The van der Waals surface area contributed by atoms with E-state index in [1.165, 1.54) is 6.08 Å². The number of carbonyl (C=O) groups excluding carboxylic acids is 1. The Morgan fingerprint density at radius 3 is 3.00 bits per heavy atom. The van der Waals surface area contributed by atoms with Gasteiger partial charge in [0, 0.05) is 12.3 Å². The maximum Gasteiger partial charge on any atom is 0.330 e. The molecule has 0 bridgehead atoms. The third-order valence-electron chi connectivity index (χ3n) is 2.36. The van der Waals surface area contributed by atoms with Gasteiger partial charge in [-0.25, -0.2) is 9.78 Å². The standard InChI is InChI=1S/C13H14N2O3/c1-3-18-13(16)7-4-10-8-15-9-11(17-2)5-6-12(15)14-10/h4-9H,3H2,1-2H3/b7-4+. The molecule has 18 heavy (non-hydrogen) atoms. The monoisotopic (exact) mass is 246 g/mol. The van der Waals surface area contributed by atoms with Crippen LogP contribution in [0, 0.1) is 0 Å². The zero-order valence-electron chi connectivity index (χ0n) is 10.3. The fourth-order valence-corrected chi connectivity index (χ4v) is 1.54. The molecule has 0 spiro atoms. The number of aromatic nitrogens is 2. The summed E-state index contributed by atoms with van der Waals surface area (Å²) in [6.07, 6.45) is 6.62. The number of nitrogens with zero attached hydrogens (tertiary/aromatic N) is 2. The van der Waals surface area contributed by atoms with Gasteiger partial charge in [-0.3, -0.25) is 0 Å². The largest absolute Gasteiger partial charge is 0.495 e. The van der Waals surface area contributed by atoms with Crippen molar-refractivity contribution in [1.82, 2.24) is 9.38 Å². The summed E-state index contributed by atoms with van der Waals surface area (Å²) in [5, 5.41) is 0. The maximum absolute atomic E-state index is 11.2. The van der Waals surface area contributed by atoms with Crippen molar-refractivity contribution in [2.24, 2.45) is 0 Å². The highest BCUT2D eigenvalue weighted by atomic mass is 16.5. The lowest BCUT2D eigenvalue weighted by Crippen LogP contribution is -1.98. The summed E-state index contributed by atoms with van der Waals surface area (Å²) in [7, 11) is 1.61. The van der Waals surface area contributed by atoms with Crippen molar-refractivity contribution in [1.29, 1.82) is 0 Å². The lowest BCUT2D eigenvalue weighted by molar-refractivity contribution is -0.137. The fraction of sp³-hybridized carbons (Fsp3) is 0.231. The van der Waals surface area contributed by atoms with E-state index in [-0.39, 0.29) is 5.97 Å². The molecule has 0 fully saturated rings. The molecule has 0 saturated heterocycles. The van der Waals surface area contributed by atoms with Crippen LogP contribution < -0.4 is 4.74 Å².